The van der Waals surface area contributed by atoms with Crippen LogP contribution in [0.15, 0.2) is 117 Å². The lowest BCUT2D eigenvalue weighted by Crippen LogP contribution is -2.30. The highest BCUT2D eigenvalue weighted by atomic mass is 32.2. The van der Waals surface area contributed by atoms with E-state index in [9.17, 15) is 38.9 Å². The summed E-state index contributed by atoms with van der Waals surface area (Å²) in [5.41, 5.74) is 7.81. The predicted molar refractivity (Wildman–Crippen MR) is 255 cm³/mol. The van der Waals surface area contributed by atoms with Gasteiger partial charge in [-0.1, -0.05) is 49.2 Å². The normalized spacial score (nSPS) is 19.9. The van der Waals surface area contributed by atoms with E-state index in [0.717, 1.165) is 103 Å². The standard InChI is InChI=1S/C47H54N2O12S4/c1-29(63(51,52)53)23-25-48-40-19-11-34-27-36(62-61-60-50)15-17-38(34)44(40)46(4,5)42(48)21-13-32-9-8-10-33(31(32)3)14-22-43-47(6,7)45-39-18-16-37(65(57,58)59)28-35(39)12-20-41(45)49(43)26-24-30(2)64(54,55)56/h11-22,27-30H,8-10,23-26H2,1-7H3,(H3-,50,51,52,53,54,55,56,57,58,59)/p+1. The number of rotatable bonds is 15. The molecular weight excluding hydrogens is 913 g/mol. The summed E-state index contributed by atoms with van der Waals surface area (Å²) in [4.78, 5) is 2.64. The third kappa shape index (κ3) is 9.66. The van der Waals surface area contributed by atoms with Crippen LogP contribution in [0.5, 0.6) is 0 Å². The second-order valence-corrected chi connectivity index (χ2v) is 24.0. The molecule has 0 radical (unpaired) electrons. The van der Waals surface area contributed by atoms with Gasteiger partial charge in [0.2, 0.25) is 5.69 Å². The molecule has 4 aromatic rings. The molecule has 2 heterocycles. The number of hydrogen-bond donors (Lipinski definition) is 4. The Labute approximate surface area is 385 Å². The van der Waals surface area contributed by atoms with Crippen LogP contribution in [0.4, 0.5) is 11.4 Å². The van der Waals surface area contributed by atoms with Gasteiger partial charge in [-0.2, -0.15) is 29.8 Å². The van der Waals surface area contributed by atoms with Crippen molar-refractivity contribution < 1.29 is 58.1 Å². The van der Waals surface area contributed by atoms with Gasteiger partial charge in [-0.3, -0.25) is 13.7 Å². The topological polar surface area (TPSA) is 208 Å². The monoisotopic (exact) mass is 967 g/mol. The van der Waals surface area contributed by atoms with Gasteiger partial charge in [0.15, 0.2) is 12.3 Å². The molecule has 1 aliphatic carbocycles. The molecule has 0 amide bonds. The van der Waals surface area contributed by atoms with Crippen molar-refractivity contribution in [3.8, 4) is 0 Å². The summed E-state index contributed by atoms with van der Waals surface area (Å²) >= 11 is 0.873. The molecule has 0 fully saturated rings. The Kier molecular flexibility index (Phi) is 13.6. The smallest absolute Gasteiger partial charge is 0.294 e. The van der Waals surface area contributed by atoms with Gasteiger partial charge in [0.25, 0.3) is 30.4 Å². The summed E-state index contributed by atoms with van der Waals surface area (Å²) in [7, 11) is -13.0. The van der Waals surface area contributed by atoms with Crippen LogP contribution in [0.1, 0.15) is 91.7 Å². The first-order valence-corrected chi connectivity index (χ1v) is 26.5. The molecule has 7 rings (SSSR count). The lowest BCUT2D eigenvalue weighted by molar-refractivity contribution is -0.438. The van der Waals surface area contributed by atoms with Gasteiger partial charge in [0.05, 0.1) is 32.9 Å². The minimum Gasteiger partial charge on any atom is -0.344 e. The van der Waals surface area contributed by atoms with Crippen molar-refractivity contribution in [3.05, 3.63) is 119 Å². The molecule has 65 heavy (non-hydrogen) atoms. The quantitative estimate of drug-likeness (QED) is 0.0288. The summed E-state index contributed by atoms with van der Waals surface area (Å²) in [5, 5.41) is 13.8. The molecule has 2 atom stereocenters. The zero-order valence-corrected chi connectivity index (χ0v) is 40.5. The fraction of sp³-hybridized carbons (Fsp3) is 0.383. The van der Waals surface area contributed by atoms with Gasteiger partial charge < -0.3 is 4.90 Å². The highest BCUT2D eigenvalue weighted by Gasteiger charge is 2.46. The van der Waals surface area contributed by atoms with Gasteiger partial charge >= 0.3 is 0 Å². The van der Waals surface area contributed by atoms with E-state index < -0.39 is 51.7 Å². The van der Waals surface area contributed by atoms with Crippen molar-refractivity contribution in [2.45, 2.75) is 112 Å². The maximum absolute atomic E-state index is 12.1. The van der Waals surface area contributed by atoms with E-state index >= 15 is 0 Å². The van der Waals surface area contributed by atoms with Gasteiger partial charge in [-0.25, -0.2) is 5.26 Å². The Bertz CT molecular complexity index is 3090. The predicted octanol–water partition coefficient (Wildman–Crippen LogP) is 10.0. The summed E-state index contributed by atoms with van der Waals surface area (Å²) in [6, 6.07) is 18.0. The Morgan fingerprint density at radius 3 is 2.11 bits per heavy atom. The fourth-order valence-corrected chi connectivity index (χ4v) is 11.4. The highest BCUT2D eigenvalue weighted by molar-refractivity contribution is 7.94. The summed E-state index contributed by atoms with van der Waals surface area (Å²) < 4.78 is 109. The maximum Gasteiger partial charge on any atom is 0.294 e. The van der Waals surface area contributed by atoms with Crippen LogP contribution >= 0.6 is 12.0 Å². The van der Waals surface area contributed by atoms with Gasteiger partial charge in [0.1, 0.15) is 0 Å². The van der Waals surface area contributed by atoms with Crippen molar-refractivity contribution in [1.29, 1.82) is 0 Å². The lowest BCUT2D eigenvalue weighted by atomic mass is 9.78. The third-order valence-electron chi connectivity index (χ3n) is 13.4. The first-order valence-electron chi connectivity index (χ1n) is 21.3. The van der Waals surface area contributed by atoms with E-state index in [-0.39, 0.29) is 24.3 Å². The Morgan fingerprint density at radius 2 is 1.43 bits per heavy atom. The SMILES string of the molecule is CC1=C(C=CC2=[N+](CCC(C)S(=O)(=O)O)c3ccc4cc(S(=O)(=O)O)ccc4c3C2(C)C)CCCC1=C/C=C1/N(CCC(C)S(=O)(=O)O)c2ccc3cc(SOOO)ccc3c2C1(C)C. The first-order chi connectivity index (χ1) is 30.3. The van der Waals surface area contributed by atoms with E-state index in [1.54, 1.807) is 12.1 Å². The molecule has 2 unspecified atom stereocenters. The number of anilines is 1. The zero-order chi connectivity index (χ0) is 47.4. The fourth-order valence-electron chi connectivity index (χ4n) is 9.64. The van der Waals surface area contributed by atoms with E-state index in [1.165, 1.54) is 26.0 Å². The average molecular weight is 968 g/mol. The van der Waals surface area contributed by atoms with Crippen LogP contribution in [0.3, 0.4) is 0 Å². The molecule has 18 heteroatoms. The second-order valence-electron chi connectivity index (χ2n) is 18.1. The number of nitrogens with zero attached hydrogens (tertiary/aromatic N) is 2. The number of benzene rings is 4. The summed E-state index contributed by atoms with van der Waals surface area (Å²) in [6.45, 7) is 14.1. The van der Waals surface area contributed by atoms with Crippen molar-refractivity contribution in [2.75, 3.05) is 18.0 Å². The second kappa shape index (κ2) is 18.1. The molecule has 14 nitrogen and oxygen atoms in total. The molecule has 348 valence electrons. The van der Waals surface area contributed by atoms with E-state index in [1.807, 2.05) is 36.4 Å². The molecule has 0 saturated carbocycles. The van der Waals surface area contributed by atoms with E-state index in [2.05, 4.69) is 77.8 Å². The number of hydrogen-bond acceptors (Lipinski definition) is 11. The van der Waals surface area contributed by atoms with Crippen molar-refractivity contribution in [3.63, 3.8) is 0 Å². The van der Waals surface area contributed by atoms with Crippen LogP contribution in [-0.2, 0) is 50.6 Å². The molecule has 4 aromatic carbocycles. The van der Waals surface area contributed by atoms with Crippen LogP contribution in [-0.4, -0.2) is 78.0 Å². The van der Waals surface area contributed by atoms with Gasteiger partial charge in [-0.15, -0.1) is 4.33 Å². The summed E-state index contributed by atoms with van der Waals surface area (Å²) in [5.74, 6) is 0. The first kappa shape index (κ1) is 48.7. The molecule has 4 N–H and O–H groups in total. The van der Waals surface area contributed by atoms with Crippen LogP contribution in [0, 0.1) is 0 Å². The molecule has 3 aliphatic rings. The van der Waals surface area contributed by atoms with Gasteiger partial charge in [-0.05, 0) is 147 Å². The highest BCUT2D eigenvalue weighted by Crippen LogP contribution is 2.52. The Balaban J connectivity index is 1.28. The number of allylic oxidation sites excluding steroid dienone is 8. The Hall–Kier alpha value is -4.21. The average Bonchev–Trinajstić information content (AvgIpc) is 3.59. The zero-order valence-electron chi connectivity index (χ0n) is 37.3. The van der Waals surface area contributed by atoms with E-state index in [0.29, 0.717) is 11.9 Å². The molecule has 0 spiro atoms. The van der Waals surface area contributed by atoms with Crippen molar-refractivity contribution in [2.24, 2.45) is 0 Å². The van der Waals surface area contributed by atoms with Crippen LogP contribution in [0.2, 0.25) is 0 Å². The molecule has 0 saturated heterocycles. The molecular formula is C47H55N2O12S4+. The number of fused-ring (bicyclic) bond motifs is 6. The maximum atomic E-state index is 12.1. The molecule has 0 bridgehead atoms. The van der Waals surface area contributed by atoms with Crippen LogP contribution < -0.4 is 4.90 Å². The minimum atomic E-state index is -4.44. The van der Waals surface area contributed by atoms with Crippen molar-refractivity contribution in [1.82, 2.24) is 0 Å². The lowest BCUT2D eigenvalue weighted by Gasteiger charge is -2.28. The minimum absolute atomic E-state index is 0.144. The van der Waals surface area contributed by atoms with Crippen molar-refractivity contribution >= 4 is 81.0 Å². The van der Waals surface area contributed by atoms with Gasteiger partial charge in [0, 0.05) is 52.4 Å². The molecule has 2 aliphatic heterocycles. The molecule has 0 aromatic heterocycles. The third-order valence-corrected chi connectivity index (χ3v) is 17.3. The largest absolute Gasteiger partial charge is 0.344 e. The van der Waals surface area contributed by atoms with Crippen LogP contribution in [0.25, 0.3) is 21.5 Å². The summed E-state index contributed by atoms with van der Waals surface area (Å²) in [6.07, 6.45) is 11.3. The van der Waals surface area contributed by atoms with E-state index in [4.69, 9.17) is 5.26 Å². The Morgan fingerprint density at radius 1 is 0.785 bits per heavy atom.